The molecule has 7 nitrogen and oxygen atoms in total. The molecule has 0 saturated carbocycles. The Balaban J connectivity index is 1.78. The molecule has 0 unspecified atom stereocenters. The first-order valence-corrected chi connectivity index (χ1v) is 13.3. The van der Waals surface area contributed by atoms with Crippen molar-refractivity contribution in [3.8, 4) is 11.5 Å². The lowest BCUT2D eigenvalue weighted by atomic mass is 10.1. The van der Waals surface area contributed by atoms with E-state index in [1.54, 1.807) is 31.2 Å². The van der Waals surface area contributed by atoms with Crippen molar-refractivity contribution < 1.29 is 28.6 Å². The van der Waals surface area contributed by atoms with Crippen LogP contribution in [0.3, 0.4) is 0 Å². The molecule has 3 rings (SSSR count). The van der Waals surface area contributed by atoms with E-state index in [-0.39, 0.29) is 11.0 Å². The highest BCUT2D eigenvalue weighted by Gasteiger charge is 2.37. The maximum Gasteiger partial charge on any atom is 0.326 e. The molecular weight excluding hydrogens is 605 g/mol. The van der Waals surface area contributed by atoms with E-state index < -0.39 is 23.7 Å². The molecule has 10 heteroatoms. The summed E-state index contributed by atoms with van der Waals surface area (Å²) in [6, 6.07) is 11.0. The molecule has 0 aromatic heterocycles. The number of hydrogen-bond donors (Lipinski definition) is 0. The third-order valence-corrected chi connectivity index (χ3v) is 6.95. The number of ether oxygens (including phenoxy) is 3. The maximum atomic E-state index is 12.8. The summed E-state index contributed by atoms with van der Waals surface area (Å²) < 4.78 is 17.8. The SMILES string of the molecule is CCOc1cc(/C=C2/SC(=O)N(CC(=O)O[C@@H](C)CC)C2=O)cc(I)c1OCc1ccc(Cl)cc1. The van der Waals surface area contributed by atoms with E-state index in [4.69, 9.17) is 25.8 Å². The molecule has 1 aliphatic rings. The number of imide groups is 1. The Morgan fingerprint density at radius 1 is 1.17 bits per heavy atom. The minimum absolute atomic E-state index is 0.222. The van der Waals surface area contributed by atoms with Crippen LogP contribution in [-0.4, -0.2) is 41.3 Å². The number of amides is 2. The largest absolute Gasteiger partial charge is 0.490 e. The average Bonchev–Trinajstić information content (AvgIpc) is 3.07. The molecule has 0 bridgehead atoms. The normalized spacial score (nSPS) is 15.5. The molecule has 1 fully saturated rings. The second-order valence-corrected chi connectivity index (χ2v) is 10.2. The molecule has 0 spiro atoms. The summed E-state index contributed by atoms with van der Waals surface area (Å²) in [7, 11) is 0. The summed E-state index contributed by atoms with van der Waals surface area (Å²) in [5, 5.41) is 0.143. The first-order chi connectivity index (χ1) is 16.7. The fourth-order valence-electron chi connectivity index (χ4n) is 3.07. The Bertz CT molecular complexity index is 1140. The Hall–Kier alpha value is -2.24. The van der Waals surface area contributed by atoms with Crippen molar-refractivity contribution in [1.82, 2.24) is 4.90 Å². The van der Waals surface area contributed by atoms with Gasteiger partial charge in [0.15, 0.2) is 11.5 Å². The minimum atomic E-state index is -0.613. The topological polar surface area (TPSA) is 82.1 Å². The summed E-state index contributed by atoms with van der Waals surface area (Å²) in [5.74, 6) is -0.0354. The van der Waals surface area contributed by atoms with Gasteiger partial charge in [-0.05, 0) is 96.1 Å². The molecule has 0 radical (unpaired) electrons. The smallest absolute Gasteiger partial charge is 0.326 e. The van der Waals surface area contributed by atoms with Gasteiger partial charge in [0.2, 0.25) is 0 Å². The molecule has 2 amide bonds. The summed E-state index contributed by atoms with van der Waals surface area (Å²) in [6.45, 7) is 5.85. The molecule has 35 heavy (non-hydrogen) atoms. The number of carbonyl (C=O) groups is 3. The monoisotopic (exact) mass is 629 g/mol. The lowest BCUT2D eigenvalue weighted by Gasteiger charge is -2.15. The van der Waals surface area contributed by atoms with Gasteiger partial charge in [-0.1, -0.05) is 30.7 Å². The maximum absolute atomic E-state index is 12.8. The van der Waals surface area contributed by atoms with Crippen molar-refractivity contribution in [2.75, 3.05) is 13.2 Å². The van der Waals surface area contributed by atoms with Gasteiger partial charge in [0.25, 0.3) is 11.1 Å². The van der Waals surface area contributed by atoms with Crippen LogP contribution in [0, 0.1) is 3.57 Å². The van der Waals surface area contributed by atoms with Gasteiger partial charge in [-0.15, -0.1) is 0 Å². The van der Waals surface area contributed by atoms with Crippen molar-refractivity contribution in [3.63, 3.8) is 0 Å². The number of nitrogens with zero attached hydrogens (tertiary/aromatic N) is 1. The number of halogens is 2. The molecule has 1 aliphatic heterocycles. The van der Waals surface area contributed by atoms with Crippen molar-refractivity contribution >= 4 is 69.1 Å². The van der Waals surface area contributed by atoms with Gasteiger partial charge in [-0.25, -0.2) is 0 Å². The van der Waals surface area contributed by atoms with Gasteiger partial charge in [-0.2, -0.15) is 0 Å². The summed E-state index contributed by atoms with van der Waals surface area (Å²) in [6.07, 6.45) is 1.98. The van der Waals surface area contributed by atoms with Crippen LogP contribution in [-0.2, 0) is 20.9 Å². The fraction of sp³-hybridized carbons (Fsp3) is 0.320. The van der Waals surface area contributed by atoms with Gasteiger partial charge in [0.05, 0.1) is 21.2 Å². The van der Waals surface area contributed by atoms with Gasteiger partial charge in [-0.3, -0.25) is 19.3 Å². The van der Waals surface area contributed by atoms with Crippen LogP contribution in [0.4, 0.5) is 4.79 Å². The average molecular weight is 630 g/mol. The van der Waals surface area contributed by atoms with E-state index in [1.165, 1.54) is 0 Å². The van der Waals surface area contributed by atoms with Crippen molar-refractivity contribution in [2.45, 2.75) is 39.9 Å². The number of benzene rings is 2. The van der Waals surface area contributed by atoms with E-state index in [1.807, 2.05) is 32.0 Å². The zero-order valence-electron chi connectivity index (χ0n) is 19.5. The molecule has 0 aliphatic carbocycles. The van der Waals surface area contributed by atoms with E-state index in [0.29, 0.717) is 41.7 Å². The van der Waals surface area contributed by atoms with Crippen molar-refractivity contribution in [2.24, 2.45) is 0 Å². The lowest BCUT2D eigenvalue weighted by Crippen LogP contribution is -2.35. The van der Waals surface area contributed by atoms with Crippen LogP contribution >= 0.6 is 46.0 Å². The van der Waals surface area contributed by atoms with Crippen LogP contribution in [0.2, 0.25) is 5.02 Å². The summed E-state index contributed by atoms with van der Waals surface area (Å²) in [5.41, 5.74) is 1.63. The molecular formula is C25H25ClINO6S. The highest BCUT2D eigenvalue weighted by atomic mass is 127. The predicted octanol–water partition coefficient (Wildman–Crippen LogP) is 6.30. The van der Waals surface area contributed by atoms with Crippen LogP contribution in [0.15, 0.2) is 41.3 Å². The third-order valence-electron chi connectivity index (χ3n) is 4.99. The van der Waals surface area contributed by atoms with Crippen LogP contribution < -0.4 is 9.47 Å². The van der Waals surface area contributed by atoms with Gasteiger partial charge in [0, 0.05) is 5.02 Å². The Morgan fingerprint density at radius 2 is 1.89 bits per heavy atom. The van der Waals surface area contributed by atoms with Crippen molar-refractivity contribution in [1.29, 1.82) is 0 Å². The fourth-order valence-corrected chi connectivity index (χ4v) is 4.82. The zero-order chi connectivity index (χ0) is 25.5. The third kappa shape index (κ3) is 7.37. The predicted molar refractivity (Wildman–Crippen MR) is 145 cm³/mol. The standard InChI is InChI=1S/C25H25ClINO6S/c1-4-15(3)34-22(29)13-28-24(30)21(35-25(28)31)12-17-10-19(27)23(20(11-17)32-5-2)33-14-16-6-8-18(26)9-7-16/h6-12,15H,4-5,13-14H2,1-3H3/b21-12+/t15-/m0/s1. The van der Waals surface area contributed by atoms with E-state index in [0.717, 1.165) is 25.8 Å². The molecule has 186 valence electrons. The number of esters is 1. The Kier molecular flexibility index (Phi) is 9.88. The Morgan fingerprint density at radius 3 is 2.54 bits per heavy atom. The quantitative estimate of drug-likeness (QED) is 0.173. The van der Waals surface area contributed by atoms with E-state index >= 15 is 0 Å². The summed E-state index contributed by atoms with van der Waals surface area (Å²) in [4.78, 5) is 38.4. The van der Waals surface area contributed by atoms with Crippen LogP contribution in [0.5, 0.6) is 11.5 Å². The van der Waals surface area contributed by atoms with Crippen LogP contribution in [0.25, 0.3) is 6.08 Å². The van der Waals surface area contributed by atoms with Gasteiger partial charge < -0.3 is 14.2 Å². The second kappa shape index (κ2) is 12.6. The molecule has 1 saturated heterocycles. The highest BCUT2D eigenvalue weighted by molar-refractivity contribution is 14.1. The molecule has 1 heterocycles. The number of thioether (sulfide) groups is 1. The number of carbonyl (C=O) groups excluding carboxylic acids is 3. The first kappa shape index (κ1) is 27.3. The van der Waals surface area contributed by atoms with Crippen molar-refractivity contribution in [3.05, 3.63) is 61.0 Å². The minimum Gasteiger partial charge on any atom is -0.490 e. The van der Waals surface area contributed by atoms with E-state index in [9.17, 15) is 14.4 Å². The second-order valence-electron chi connectivity index (χ2n) is 7.65. The summed E-state index contributed by atoms with van der Waals surface area (Å²) >= 11 is 8.88. The number of rotatable bonds is 10. The Labute approximate surface area is 227 Å². The van der Waals surface area contributed by atoms with Gasteiger partial charge in [0.1, 0.15) is 13.2 Å². The van der Waals surface area contributed by atoms with E-state index in [2.05, 4.69) is 22.6 Å². The zero-order valence-corrected chi connectivity index (χ0v) is 23.2. The lowest BCUT2D eigenvalue weighted by molar-refractivity contribution is -0.150. The van der Waals surface area contributed by atoms with Crippen LogP contribution in [0.1, 0.15) is 38.3 Å². The number of hydrogen-bond acceptors (Lipinski definition) is 7. The van der Waals surface area contributed by atoms with Gasteiger partial charge >= 0.3 is 5.97 Å². The molecule has 2 aromatic carbocycles. The molecule has 2 aromatic rings. The molecule has 1 atom stereocenters. The highest BCUT2D eigenvalue weighted by Crippen LogP contribution is 2.38. The first-order valence-electron chi connectivity index (χ1n) is 11.0. The molecule has 0 N–H and O–H groups in total.